The monoisotopic (exact) mass is 342 g/mol. The summed E-state index contributed by atoms with van der Waals surface area (Å²) in [7, 11) is 0. The second kappa shape index (κ2) is 8.42. The van der Waals surface area contributed by atoms with Crippen LogP contribution < -0.4 is 10.6 Å². The van der Waals surface area contributed by atoms with Gasteiger partial charge in [0.2, 0.25) is 5.91 Å². The highest BCUT2D eigenvalue weighted by Crippen LogP contribution is 2.15. The van der Waals surface area contributed by atoms with E-state index in [0.29, 0.717) is 12.0 Å². The quantitative estimate of drug-likeness (QED) is 0.836. The number of hydrogen-bond acceptors (Lipinski definition) is 2. The zero-order valence-corrected chi connectivity index (χ0v) is 14.7. The third kappa shape index (κ3) is 5.14. The van der Waals surface area contributed by atoms with E-state index in [1.807, 2.05) is 32.9 Å². The van der Waals surface area contributed by atoms with Gasteiger partial charge in [-0.05, 0) is 43.0 Å². The molecule has 0 aromatic heterocycles. The third-order valence-corrected chi connectivity index (χ3v) is 3.85. The van der Waals surface area contributed by atoms with Crippen LogP contribution in [-0.2, 0) is 4.79 Å². The SMILES string of the molecule is Cc1ccccc1C(=O)NC(CC(C)C)C(=O)Nc1ccccc1F. The first kappa shape index (κ1) is 18.6. The van der Waals surface area contributed by atoms with Crippen LogP contribution in [0.2, 0.25) is 0 Å². The van der Waals surface area contributed by atoms with Gasteiger partial charge in [0, 0.05) is 5.56 Å². The Balaban J connectivity index is 2.15. The maximum Gasteiger partial charge on any atom is 0.252 e. The lowest BCUT2D eigenvalue weighted by atomic mass is 10.0. The first-order valence-electron chi connectivity index (χ1n) is 8.30. The number of rotatable bonds is 6. The van der Waals surface area contributed by atoms with Crippen molar-refractivity contribution in [1.29, 1.82) is 0 Å². The molecule has 0 spiro atoms. The van der Waals surface area contributed by atoms with Crippen molar-refractivity contribution in [3.63, 3.8) is 0 Å². The van der Waals surface area contributed by atoms with Crippen LogP contribution in [0.15, 0.2) is 48.5 Å². The lowest BCUT2D eigenvalue weighted by Crippen LogP contribution is -2.44. The predicted molar refractivity (Wildman–Crippen MR) is 96.9 cm³/mol. The smallest absolute Gasteiger partial charge is 0.252 e. The fourth-order valence-corrected chi connectivity index (χ4v) is 2.55. The van der Waals surface area contributed by atoms with E-state index in [4.69, 9.17) is 0 Å². The number of halogens is 1. The zero-order chi connectivity index (χ0) is 18.4. The molecule has 2 aromatic rings. The van der Waals surface area contributed by atoms with Crippen molar-refractivity contribution < 1.29 is 14.0 Å². The van der Waals surface area contributed by atoms with E-state index in [1.165, 1.54) is 12.1 Å². The second-order valence-electron chi connectivity index (χ2n) is 6.44. The molecule has 2 N–H and O–H groups in total. The van der Waals surface area contributed by atoms with E-state index in [1.54, 1.807) is 24.3 Å². The van der Waals surface area contributed by atoms with Gasteiger partial charge in [0.05, 0.1) is 5.69 Å². The summed E-state index contributed by atoms with van der Waals surface area (Å²) < 4.78 is 13.8. The van der Waals surface area contributed by atoms with Gasteiger partial charge < -0.3 is 10.6 Å². The van der Waals surface area contributed by atoms with Gasteiger partial charge in [0.1, 0.15) is 11.9 Å². The van der Waals surface area contributed by atoms with Gasteiger partial charge in [0.25, 0.3) is 5.91 Å². The lowest BCUT2D eigenvalue weighted by molar-refractivity contribution is -0.118. The molecule has 5 heteroatoms. The van der Waals surface area contributed by atoms with E-state index in [-0.39, 0.29) is 17.5 Å². The van der Waals surface area contributed by atoms with Gasteiger partial charge in [0.15, 0.2) is 0 Å². The number of carbonyl (C=O) groups is 2. The van der Waals surface area contributed by atoms with E-state index < -0.39 is 17.8 Å². The average molecular weight is 342 g/mol. The normalized spacial score (nSPS) is 11.9. The molecule has 0 fully saturated rings. The Hall–Kier alpha value is -2.69. The number of aryl methyl sites for hydroxylation is 1. The summed E-state index contributed by atoms with van der Waals surface area (Å²) in [5.74, 6) is -1.06. The van der Waals surface area contributed by atoms with Crippen molar-refractivity contribution >= 4 is 17.5 Å². The number of anilines is 1. The molecule has 0 heterocycles. The van der Waals surface area contributed by atoms with Crippen molar-refractivity contribution in [3.8, 4) is 0 Å². The highest BCUT2D eigenvalue weighted by Gasteiger charge is 2.23. The van der Waals surface area contributed by atoms with E-state index in [9.17, 15) is 14.0 Å². The summed E-state index contributed by atoms with van der Waals surface area (Å²) in [5, 5.41) is 5.33. The first-order chi connectivity index (χ1) is 11.9. The molecule has 2 rings (SSSR count). The Labute approximate surface area is 147 Å². The summed E-state index contributed by atoms with van der Waals surface area (Å²) in [6.07, 6.45) is 0.456. The zero-order valence-electron chi connectivity index (χ0n) is 14.7. The number of para-hydroxylation sites is 1. The van der Waals surface area contributed by atoms with E-state index >= 15 is 0 Å². The predicted octanol–water partition coefficient (Wildman–Crippen LogP) is 3.92. The molecule has 132 valence electrons. The Bertz CT molecular complexity index is 759. The van der Waals surface area contributed by atoms with E-state index in [0.717, 1.165) is 5.56 Å². The van der Waals surface area contributed by atoms with Crippen LogP contribution in [0, 0.1) is 18.7 Å². The Morgan fingerprint density at radius 3 is 2.32 bits per heavy atom. The highest BCUT2D eigenvalue weighted by molar-refractivity contribution is 6.01. The van der Waals surface area contributed by atoms with Gasteiger partial charge in [-0.1, -0.05) is 44.2 Å². The Kier molecular flexibility index (Phi) is 6.28. The highest BCUT2D eigenvalue weighted by atomic mass is 19.1. The number of benzene rings is 2. The number of hydrogen-bond donors (Lipinski definition) is 2. The van der Waals surface area contributed by atoms with Gasteiger partial charge >= 0.3 is 0 Å². The molecule has 4 nitrogen and oxygen atoms in total. The van der Waals surface area contributed by atoms with Crippen LogP contribution in [-0.4, -0.2) is 17.9 Å². The van der Waals surface area contributed by atoms with Crippen LogP contribution in [0.4, 0.5) is 10.1 Å². The summed E-state index contributed by atoms with van der Waals surface area (Å²) in [5.41, 5.74) is 1.46. The fraction of sp³-hybridized carbons (Fsp3) is 0.300. The minimum absolute atomic E-state index is 0.103. The van der Waals surface area contributed by atoms with Gasteiger partial charge in [-0.3, -0.25) is 9.59 Å². The van der Waals surface area contributed by atoms with Crippen molar-refractivity contribution in [2.75, 3.05) is 5.32 Å². The molecule has 0 aliphatic rings. The van der Waals surface area contributed by atoms with Gasteiger partial charge in [-0.2, -0.15) is 0 Å². The molecule has 0 aliphatic heterocycles. The van der Waals surface area contributed by atoms with Crippen LogP contribution in [0.25, 0.3) is 0 Å². The van der Waals surface area contributed by atoms with Crippen LogP contribution in [0.1, 0.15) is 36.2 Å². The number of amides is 2. The average Bonchev–Trinajstić information content (AvgIpc) is 2.56. The van der Waals surface area contributed by atoms with Crippen molar-refractivity contribution in [1.82, 2.24) is 5.32 Å². The summed E-state index contributed by atoms with van der Waals surface area (Å²) in [6, 6.07) is 12.4. The molecule has 0 bridgehead atoms. The topological polar surface area (TPSA) is 58.2 Å². The maximum absolute atomic E-state index is 13.8. The molecule has 25 heavy (non-hydrogen) atoms. The van der Waals surface area contributed by atoms with Crippen LogP contribution >= 0.6 is 0 Å². The minimum Gasteiger partial charge on any atom is -0.340 e. The Morgan fingerprint density at radius 1 is 1.04 bits per heavy atom. The molecule has 0 saturated heterocycles. The number of carbonyl (C=O) groups excluding carboxylic acids is 2. The maximum atomic E-state index is 13.8. The molecule has 0 aliphatic carbocycles. The van der Waals surface area contributed by atoms with Gasteiger partial charge in [-0.15, -0.1) is 0 Å². The van der Waals surface area contributed by atoms with Crippen LogP contribution in [0.5, 0.6) is 0 Å². The molecule has 0 saturated carbocycles. The largest absolute Gasteiger partial charge is 0.340 e. The molecule has 0 radical (unpaired) electrons. The molecule has 2 amide bonds. The van der Waals surface area contributed by atoms with Crippen LogP contribution in [0.3, 0.4) is 0 Å². The number of nitrogens with one attached hydrogen (secondary N) is 2. The molecule has 2 aromatic carbocycles. The molecule has 1 atom stereocenters. The first-order valence-corrected chi connectivity index (χ1v) is 8.30. The summed E-state index contributed by atoms with van der Waals surface area (Å²) in [4.78, 5) is 25.1. The van der Waals surface area contributed by atoms with E-state index in [2.05, 4.69) is 10.6 Å². The molecular formula is C20H23FN2O2. The second-order valence-corrected chi connectivity index (χ2v) is 6.44. The lowest BCUT2D eigenvalue weighted by Gasteiger charge is -2.21. The summed E-state index contributed by atoms with van der Waals surface area (Å²) in [6.45, 7) is 5.76. The van der Waals surface area contributed by atoms with Crippen molar-refractivity contribution in [3.05, 3.63) is 65.5 Å². The standard InChI is InChI=1S/C20H23FN2O2/c1-13(2)12-18(20(25)22-17-11-7-6-10-16(17)21)23-19(24)15-9-5-4-8-14(15)3/h4-11,13,18H,12H2,1-3H3,(H,22,25)(H,23,24). The fourth-order valence-electron chi connectivity index (χ4n) is 2.55. The molecule has 1 unspecified atom stereocenters. The third-order valence-electron chi connectivity index (χ3n) is 3.85. The van der Waals surface area contributed by atoms with Crippen molar-refractivity contribution in [2.45, 2.75) is 33.2 Å². The Morgan fingerprint density at radius 2 is 1.68 bits per heavy atom. The minimum atomic E-state index is -0.744. The molecular weight excluding hydrogens is 319 g/mol. The van der Waals surface area contributed by atoms with Crippen molar-refractivity contribution in [2.24, 2.45) is 5.92 Å². The van der Waals surface area contributed by atoms with Gasteiger partial charge in [-0.25, -0.2) is 4.39 Å². The summed E-state index contributed by atoms with van der Waals surface area (Å²) >= 11 is 0.